The number of anilines is 4. The van der Waals surface area contributed by atoms with Crippen molar-refractivity contribution in [2.45, 2.75) is 57.4 Å². The Morgan fingerprint density at radius 2 is 1.02 bits per heavy atom. The van der Waals surface area contributed by atoms with E-state index < -0.39 is 5.41 Å². The molecule has 0 saturated carbocycles. The fraction of sp³-hybridized carbons (Fsp3) is 0.164. The SMILES string of the molecule is CC/C=C(\C(=C/[C@H](CC)N(c1ccccc1)c1ccccc1)CC1(c2ccc3c(c2)CC3)c2ccccc2-c2ccccc21)N(c1ccccc1)c1ccccc1. The Kier molecular flexibility index (Phi) is 10.2. The molecule has 0 amide bonds. The van der Waals surface area contributed by atoms with Gasteiger partial charge in [-0.15, -0.1) is 0 Å². The lowest BCUT2D eigenvalue weighted by molar-refractivity contribution is 0.616. The molecule has 0 saturated heterocycles. The third kappa shape index (κ3) is 6.70. The molecule has 2 nitrogen and oxygen atoms in total. The van der Waals surface area contributed by atoms with E-state index in [1.54, 1.807) is 0 Å². The number of allylic oxidation sites excluding steroid dienone is 2. The minimum Gasteiger partial charge on any atom is -0.335 e. The molecule has 57 heavy (non-hydrogen) atoms. The standard InChI is InChI=1S/C55H50N2/c1-3-21-54(57(48-26-13-7-14-27-48)49-28-15-8-16-29-49)43(39-45(4-2)56(46-22-9-5-10-23-46)47-24-11-6-12-25-47)40-55(44-37-36-41-34-35-42(41)38-44)52-32-19-17-30-50(52)51-31-18-20-33-53(51)55/h5-33,36-39,45H,3-4,34-35,40H2,1-2H3/b43-39-,54-21+/t45-/m0/s1. The monoisotopic (exact) mass is 738 g/mol. The van der Waals surface area contributed by atoms with Gasteiger partial charge in [0.15, 0.2) is 0 Å². The smallest absolute Gasteiger partial charge is 0.0526 e. The quantitative estimate of drug-likeness (QED) is 0.109. The molecule has 280 valence electrons. The van der Waals surface area contributed by atoms with Gasteiger partial charge in [-0.25, -0.2) is 0 Å². The minimum absolute atomic E-state index is 0.0548. The van der Waals surface area contributed by atoms with Crippen LogP contribution in [0.2, 0.25) is 0 Å². The van der Waals surface area contributed by atoms with Gasteiger partial charge in [-0.2, -0.15) is 0 Å². The van der Waals surface area contributed by atoms with E-state index in [1.807, 2.05) is 0 Å². The van der Waals surface area contributed by atoms with Crippen molar-refractivity contribution in [1.29, 1.82) is 0 Å². The predicted octanol–water partition coefficient (Wildman–Crippen LogP) is 14.2. The largest absolute Gasteiger partial charge is 0.335 e. The number of rotatable bonds is 13. The van der Waals surface area contributed by atoms with Gasteiger partial charge in [-0.05, 0) is 125 Å². The summed E-state index contributed by atoms with van der Waals surface area (Å²) in [6.07, 6.45) is 9.99. The Hall–Kier alpha value is -6.38. The third-order valence-corrected chi connectivity index (χ3v) is 12.1. The van der Waals surface area contributed by atoms with Crippen LogP contribution in [0.5, 0.6) is 0 Å². The lowest BCUT2D eigenvalue weighted by atomic mass is 9.66. The Balaban J connectivity index is 1.34. The summed E-state index contributed by atoms with van der Waals surface area (Å²) in [4.78, 5) is 5.03. The number of hydrogen-bond donors (Lipinski definition) is 0. The number of hydrogen-bond acceptors (Lipinski definition) is 2. The molecular weight excluding hydrogens is 689 g/mol. The molecule has 0 radical (unpaired) electrons. The molecule has 2 aliphatic carbocycles. The van der Waals surface area contributed by atoms with E-state index in [1.165, 1.54) is 68.0 Å². The lowest BCUT2D eigenvalue weighted by Gasteiger charge is -2.39. The van der Waals surface area contributed by atoms with Gasteiger partial charge in [0.05, 0.1) is 11.5 Å². The molecule has 0 fully saturated rings. The highest BCUT2D eigenvalue weighted by Gasteiger charge is 2.46. The average molecular weight is 739 g/mol. The maximum atomic E-state index is 2.62. The molecule has 0 unspecified atom stereocenters. The zero-order chi connectivity index (χ0) is 38.6. The second kappa shape index (κ2) is 16.0. The van der Waals surface area contributed by atoms with Crippen molar-refractivity contribution in [3.63, 3.8) is 0 Å². The average Bonchev–Trinajstić information content (AvgIpc) is 3.55. The molecule has 1 atom stereocenters. The summed E-state index contributed by atoms with van der Waals surface area (Å²) in [6.45, 7) is 4.61. The second-order valence-corrected chi connectivity index (χ2v) is 15.4. The highest BCUT2D eigenvalue weighted by molar-refractivity contribution is 5.84. The van der Waals surface area contributed by atoms with Gasteiger partial charge in [0.25, 0.3) is 0 Å². The molecular formula is C55H50N2. The van der Waals surface area contributed by atoms with Crippen molar-refractivity contribution in [3.05, 3.63) is 239 Å². The molecule has 9 rings (SSSR count). The van der Waals surface area contributed by atoms with Crippen LogP contribution in [0, 0.1) is 0 Å². The second-order valence-electron chi connectivity index (χ2n) is 15.4. The zero-order valence-corrected chi connectivity index (χ0v) is 33.1. The van der Waals surface area contributed by atoms with Gasteiger partial charge in [0.1, 0.15) is 0 Å². The summed E-state index contributed by atoms with van der Waals surface area (Å²) in [5.41, 5.74) is 16.6. The molecule has 7 aromatic carbocycles. The van der Waals surface area contributed by atoms with Crippen molar-refractivity contribution in [3.8, 4) is 11.1 Å². The van der Waals surface area contributed by atoms with Crippen LogP contribution in [0.4, 0.5) is 22.7 Å². The van der Waals surface area contributed by atoms with Crippen LogP contribution in [0.1, 0.15) is 60.9 Å². The normalized spacial score (nSPS) is 14.5. The molecule has 0 aromatic heterocycles. The van der Waals surface area contributed by atoms with Crippen LogP contribution in [0.15, 0.2) is 211 Å². The highest BCUT2D eigenvalue weighted by atomic mass is 15.2. The Bertz CT molecular complexity index is 2390. The van der Waals surface area contributed by atoms with Crippen LogP contribution in [0.25, 0.3) is 11.1 Å². The van der Waals surface area contributed by atoms with Crippen molar-refractivity contribution >= 4 is 22.7 Å². The highest BCUT2D eigenvalue weighted by Crippen LogP contribution is 2.57. The number of benzene rings is 7. The maximum Gasteiger partial charge on any atom is 0.0526 e. The topological polar surface area (TPSA) is 6.48 Å². The van der Waals surface area contributed by atoms with Gasteiger partial charge < -0.3 is 9.80 Å². The fourth-order valence-corrected chi connectivity index (χ4v) is 9.37. The van der Waals surface area contributed by atoms with Crippen molar-refractivity contribution in [2.75, 3.05) is 9.80 Å². The van der Waals surface area contributed by atoms with Crippen LogP contribution >= 0.6 is 0 Å². The number of para-hydroxylation sites is 4. The third-order valence-electron chi connectivity index (χ3n) is 12.1. The Morgan fingerprint density at radius 1 is 0.544 bits per heavy atom. The first-order valence-electron chi connectivity index (χ1n) is 20.7. The van der Waals surface area contributed by atoms with Crippen molar-refractivity contribution in [2.24, 2.45) is 0 Å². The van der Waals surface area contributed by atoms with Gasteiger partial charge in [0, 0.05) is 28.4 Å². The first kappa shape index (κ1) is 36.3. The van der Waals surface area contributed by atoms with E-state index >= 15 is 0 Å². The van der Waals surface area contributed by atoms with E-state index in [-0.39, 0.29) is 6.04 Å². The molecule has 2 aliphatic rings. The molecule has 0 heterocycles. The van der Waals surface area contributed by atoms with Gasteiger partial charge in [-0.1, -0.05) is 166 Å². The fourth-order valence-electron chi connectivity index (χ4n) is 9.37. The van der Waals surface area contributed by atoms with E-state index in [0.29, 0.717) is 0 Å². The van der Waals surface area contributed by atoms with E-state index in [2.05, 4.69) is 224 Å². The molecule has 2 heteroatoms. The summed E-state index contributed by atoms with van der Waals surface area (Å²) < 4.78 is 0. The first-order chi connectivity index (χ1) is 28.2. The number of aryl methyl sites for hydroxylation is 2. The Labute approximate surface area is 339 Å². The molecule has 0 aliphatic heterocycles. The van der Waals surface area contributed by atoms with Crippen molar-refractivity contribution < 1.29 is 0 Å². The van der Waals surface area contributed by atoms with Crippen molar-refractivity contribution in [1.82, 2.24) is 0 Å². The molecule has 0 spiro atoms. The summed E-state index contributed by atoms with van der Waals surface area (Å²) >= 11 is 0. The van der Waals surface area contributed by atoms with E-state index in [0.717, 1.165) is 37.1 Å². The van der Waals surface area contributed by atoms with Crippen LogP contribution in [-0.2, 0) is 18.3 Å². The summed E-state index contributed by atoms with van der Waals surface area (Å²) in [5.74, 6) is 0. The summed E-state index contributed by atoms with van der Waals surface area (Å²) in [7, 11) is 0. The molecule has 0 N–H and O–H groups in total. The van der Waals surface area contributed by atoms with Crippen LogP contribution < -0.4 is 9.80 Å². The lowest BCUT2D eigenvalue weighted by Crippen LogP contribution is -2.33. The van der Waals surface area contributed by atoms with E-state index in [4.69, 9.17) is 0 Å². The minimum atomic E-state index is -0.419. The predicted molar refractivity (Wildman–Crippen MR) is 241 cm³/mol. The number of nitrogens with zero attached hydrogens (tertiary/aromatic N) is 2. The van der Waals surface area contributed by atoms with Gasteiger partial charge >= 0.3 is 0 Å². The van der Waals surface area contributed by atoms with Crippen LogP contribution in [0.3, 0.4) is 0 Å². The number of fused-ring (bicyclic) bond motifs is 4. The molecule has 7 aromatic rings. The summed E-state index contributed by atoms with van der Waals surface area (Å²) in [6, 6.07) is 69.5. The Morgan fingerprint density at radius 3 is 1.47 bits per heavy atom. The van der Waals surface area contributed by atoms with Crippen LogP contribution in [-0.4, -0.2) is 6.04 Å². The van der Waals surface area contributed by atoms with E-state index in [9.17, 15) is 0 Å². The van der Waals surface area contributed by atoms with Gasteiger partial charge in [-0.3, -0.25) is 0 Å². The summed E-state index contributed by atoms with van der Waals surface area (Å²) in [5, 5.41) is 0. The zero-order valence-electron chi connectivity index (χ0n) is 33.1. The maximum absolute atomic E-state index is 2.62. The first-order valence-corrected chi connectivity index (χ1v) is 20.7. The molecule has 0 bridgehead atoms. The van der Waals surface area contributed by atoms with Gasteiger partial charge in [0.2, 0.25) is 0 Å².